The highest BCUT2D eigenvalue weighted by Gasteiger charge is 2.34. The lowest BCUT2D eigenvalue weighted by molar-refractivity contribution is -0.132. The van der Waals surface area contributed by atoms with Crippen LogP contribution in [-0.2, 0) is 11.3 Å². The maximum Gasteiger partial charge on any atom is 0.236 e. The fourth-order valence-electron chi connectivity index (χ4n) is 3.06. The minimum absolute atomic E-state index is 0.0594. The van der Waals surface area contributed by atoms with Gasteiger partial charge in [-0.15, -0.1) is 0 Å². The zero-order valence-electron chi connectivity index (χ0n) is 14.7. The molecule has 1 saturated heterocycles. The van der Waals surface area contributed by atoms with Crippen LogP contribution >= 0.6 is 0 Å². The van der Waals surface area contributed by atoms with Gasteiger partial charge < -0.3 is 15.4 Å². The van der Waals surface area contributed by atoms with Gasteiger partial charge in [-0.1, -0.05) is 26.0 Å². The second-order valence-corrected chi connectivity index (χ2v) is 7.20. The number of likely N-dealkylation sites (tertiary alicyclic amines) is 1. The minimum atomic E-state index is 0.0594. The van der Waals surface area contributed by atoms with Crippen LogP contribution in [0.5, 0.6) is 5.75 Å². The monoisotopic (exact) mass is 319 g/mol. The molecule has 1 heterocycles. The largest absolute Gasteiger partial charge is 0.497 e. The van der Waals surface area contributed by atoms with Gasteiger partial charge in [0.2, 0.25) is 5.91 Å². The lowest BCUT2D eigenvalue weighted by Gasteiger charge is -2.42. The van der Waals surface area contributed by atoms with Crippen LogP contribution in [0.1, 0.15) is 25.8 Å². The number of hydrogen-bond donors (Lipinski definition) is 1. The molecule has 0 spiro atoms. The fourth-order valence-corrected chi connectivity index (χ4v) is 3.06. The number of likely N-dealkylation sites (N-methyl/N-ethyl adjacent to an activating group) is 1. The first-order chi connectivity index (χ1) is 10.8. The molecule has 1 aliphatic rings. The van der Waals surface area contributed by atoms with Crippen LogP contribution in [0.25, 0.3) is 0 Å². The molecule has 1 amide bonds. The van der Waals surface area contributed by atoms with E-state index in [9.17, 15) is 4.79 Å². The third-order valence-electron chi connectivity index (χ3n) is 4.73. The maximum absolute atomic E-state index is 12.5. The highest BCUT2D eigenvalue weighted by molar-refractivity contribution is 5.78. The summed E-state index contributed by atoms with van der Waals surface area (Å²) in [6, 6.07) is 8.04. The molecule has 1 aliphatic heterocycles. The van der Waals surface area contributed by atoms with Gasteiger partial charge >= 0.3 is 0 Å². The van der Waals surface area contributed by atoms with Gasteiger partial charge in [0.1, 0.15) is 5.75 Å². The first-order valence-corrected chi connectivity index (χ1v) is 8.16. The van der Waals surface area contributed by atoms with E-state index in [0.29, 0.717) is 13.1 Å². The summed E-state index contributed by atoms with van der Waals surface area (Å²) < 4.78 is 5.23. The molecule has 0 radical (unpaired) electrons. The molecule has 2 rings (SSSR count). The molecule has 1 unspecified atom stereocenters. The normalized spacial score (nSPS) is 21.0. The molecule has 1 atom stereocenters. The number of amides is 1. The number of ether oxygens (including phenoxy) is 1. The lowest BCUT2D eigenvalue weighted by atomic mass is 9.80. The third kappa shape index (κ3) is 4.69. The van der Waals surface area contributed by atoms with Crippen LogP contribution < -0.4 is 10.5 Å². The van der Waals surface area contributed by atoms with Crippen molar-refractivity contribution in [2.24, 2.45) is 11.1 Å². The van der Waals surface area contributed by atoms with Gasteiger partial charge in [0.05, 0.1) is 13.7 Å². The molecule has 128 valence electrons. The summed E-state index contributed by atoms with van der Waals surface area (Å²) in [6.45, 7) is 7.15. The number of carbonyl (C=O) groups is 1. The number of carbonyl (C=O) groups excluding carboxylic acids is 1. The van der Waals surface area contributed by atoms with Gasteiger partial charge in [0.25, 0.3) is 0 Å². The van der Waals surface area contributed by atoms with E-state index in [1.54, 1.807) is 12.0 Å². The zero-order chi connectivity index (χ0) is 17.0. The minimum Gasteiger partial charge on any atom is -0.497 e. The van der Waals surface area contributed by atoms with Crippen LogP contribution in [0.3, 0.4) is 0 Å². The SMILES string of the molecule is COc1cccc(CN(C)C(=O)CN2CCC(N)C(C)(C)C2)c1. The Labute approximate surface area is 139 Å². The Kier molecular flexibility index (Phi) is 5.65. The van der Waals surface area contributed by atoms with Crippen molar-refractivity contribution in [2.75, 3.05) is 33.8 Å². The van der Waals surface area contributed by atoms with Gasteiger partial charge in [-0.2, -0.15) is 0 Å². The van der Waals surface area contributed by atoms with Crippen molar-refractivity contribution in [3.8, 4) is 5.75 Å². The second-order valence-electron chi connectivity index (χ2n) is 7.20. The molecular weight excluding hydrogens is 290 g/mol. The van der Waals surface area contributed by atoms with Crippen molar-refractivity contribution in [1.82, 2.24) is 9.80 Å². The molecule has 1 fully saturated rings. The zero-order valence-corrected chi connectivity index (χ0v) is 14.7. The molecule has 0 aliphatic carbocycles. The molecule has 23 heavy (non-hydrogen) atoms. The molecule has 0 aromatic heterocycles. The van der Waals surface area contributed by atoms with Gasteiger partial charge in [-0.05, 0) is 29.5 Å². The number of nitrogens with zero attached hydrogens (tertiary/aromatic N) is 2. The Hall–Kier alpha value is -1.59. The van der Waals surface area contributed by atoms with E-state index in [1.165, 1.54) is 0 Å². The van der Waals surface area contributed by atoms with E-state index in [-0.39, 0.29) is 17.4 Å². The number of rotatable bonds is 5. The second kappa shape index (κ2) is 7.32. The van der Waals surface area contributed by atoms with Crippen LogP contribution in [-0.4, -0.2) is 55.5 Å². The van der Waals surface area contributed by atoms with Crippen molar-refractivity contribution >= 4 is 5.91 Å². The molecule has 1 aromatic carbocycles. The molecule has 5 heteroatoms. The van der Waals surface area contributed by atoms with Crippen LogP contribution in [0.2, 0.25) is 0 Å². The van der Waals surface area contributed by atoms with Crippen molar-refractivity contribution < 1.29 is 9.53 Å². The first-order valence-electron chi connectivity index (χ1n) is 8.16. The number of piperidine rings is 1. The Morgan fingerprint density at radius 2 is 2.22 bits per heavy atom. The predicted octanol–water partition coefficient (Wildman–Crippen LogP) is 1.71. The van der Waals surface area contributed by atoms with E-state index in [1.807, 2.05) is 31.3 Å². The fraction of sp³-hybridized carbons (Fsp3) is 0.611. The smallest absolute Gasteiger partial charge is 0.236 e. The standard InChI is InChI=1S/C18H29N3O2/c1-18(2)13-21(9-8-16(18)19)12-17(22)20(3)11-14-6-5-7-15(10-14)23-4/h5-7,10,16H,8-9,11-13,19H2,1-4H3. The van der Waals surface area contributed by atoms with Crippen molar-refractivity contribution in [1.29, 1.82) is 0 Å². The summed E-state index contributed by atoms with van der Waals surface area (Å²) in [7, 11) is 3.50. The van der Waals surface area contributed by atoms with Gasteiger partial charge in [0.15, 0.2) is 0 Å². The van der Waals surface area contributed by atoms with E-state index in [2.05, 4.69) is 18.7 Å². The number of nitrogens with two attached hydrogens (primary N) is 1. The van der Waals surface area contributed by atoms with E-state index in [4.69, 9.17) is 10.5 Å². The summed E-state index contributed by atoms with van der Waals surface area (Å²) in [5.74, 6) is 0.953. The summed E-state index contributed by atoms with van der Waals surface area (Å²) in [5, 5.41) is 0. The highest BCUT2D eigenvalue weighted by atomic mass is 16.5. The molecule has 0 saturated carbocycles. The molecule has 5 nitrogen and oxygen atoms in total. The Morgan fingerprint density at radius 3 is 2.87 bits per heavy atom. The van der Waals surface area contributed by atoms with Crippen LogP contribution in [0, 0.1) is 5.41 Å². The predicted molar refractivity (Wildman–Crippen MR) is 92.3 cm³/mol. The van der Waals surface area contributed by atoms with Gasteiger partial charge in [0, 0.05) is 32.7 Å². The van der Waals surface area contributed by atoms with Crippen LogP contribution in [0.15, 0.2) is 24.3 Å². The number of hydrogen-bond acceptors (Lipinski definition) is 4. The Morgan fingerprint density at radius 1 is 1.48 bits per heavy atom. The average molecular weight is 319 g/mol. The van der Waals surface area contributed by atoms with E-state index >= 15 is 0 Å². The summed E-state index contributed by atoms with van der Waals surface area (Å²) in [4.78, 5) is 16.5. The highest BCUT2D eigenvalue weighted by Crippen LogP contribution is 2.27. The Bertz CT molecular complexity index is 545. The summed E-state index contributed by atoms with van der Waals surface area (Å²) in [5.41, 5.74) is 7.29. The molecule has 0 bridgehead atoms. The van der Waals surface area contributed by atoms with Crippen molar-refractivity contribution in [3.63, 3.8) is 0 Å². The van der Waals surface area contributed by atoms with Gasteiger partial charge in [-0.25, -0.2) is 0 Å². The molecule has 1 aromatic rings. The van der Waals surface area contributed by atoms with Crippen molar-refractivity contribution in [2.45, 2.75) is 32.9 Å². The first kappa shape index (κ1) is 17.8. The topological polar surface area (TPSA) is 58.8 Å². The summed E-state index contributed by atoms with van der Waals surface area (Å²) in [6.07, 6.45) is 0.944. The molecule has 2 N–H and O–H groups in total. The lowest BCUT2D eigenvalue weighted by Crippen LogP contribution is -2.54. The summed E-state index contributed by atoms with van der Waals surface area (Å²) >= 11 is 0. The maximum atomic E-state index is 12.5. The number of benzene rings is 1. The van der Waals surface area contributed by atoms with Crippen molar-refractivity contribution in [3.05, 3.63) is 29.8 Å². The average Bonchev–Trinajstić information content (AvgIpc) is 2.50. The van der Waals surface area contributed by atoms with Gasteiger partial charge in [-0.3, -0.25) is 9.69 Å². The number of methoxy groups -OCH3 is 1. The third-order valence-corrected chi connectivity index (χ3v) is 4.73. The van der Waals surface area contributed by atoms with E-state index in [0.717, 1.165) is 30.8 Å². The van der Waals surface area contributed by atoms with Crippen LogP contribution in [0.4, 0.5) is 0 Å². The van der Waals surface area contributed by atoms with E-state index < -0.39 is 0 Å². The Balaban J connectivity index is 1.90. The molecular formula is C18H29N3O2. The quantitative estimate of drug-likeness (QED) is 0.898.